The van der Waals surface area contributed by atoms with Crippen molar-refractivity contribution in [2.75, 3.05) is 7.11 Å². The van der Waals surface area contributed by atoms with Gasteiger partial charge in [-0.2, -0.15) is 4.99 Å². The molecule has 0 saturated heterocycles. The van der Waals surface area contributed by atoms with Crippen molar-refractivity contribution in [3.8, 4) is 0 Å². The van der Waals surface area contributed by atoms with E-state index in [2.05, 4.69) is 21.6 Å². The maximum absolute atomic E-state index is 14.1. The van der Waals surface area contributed by atoms with Gasteiger partial charge in [-0.1, -0.05) is 18.5 Å². The molecule has 2 aromatic rings. The molecule has 7 heteroatoms. The van der Waals surface area contributed by atoms with Gasteiger partial charge in [-0.15, -0.1) is 11.3 Å². The molecule has 1 aromatic carbocycles. The van der Waals surface area contributed by atoms with Crippen LogP contribution in [0, 0.1) is 25.5 Å². The molecule has 1 heterocycles. The molecular weight excluding hydrogens is 332 g/mol. The van der Waals surface area contributed by atoms with E-state index >= 15 is 0 Å². The fraction of sp³-hybridized carbons (Fsp3) is 0.412. The fourth-order valence-electron chi connectivity index (χ4n) is 2.24. The Bertz CT molecular complexity index is 809. The predicted molar refractivity (Wildman–Crippen MR) is 92.2 cm³/mol. The first-order valence-corrected chi connectivity index (χ1v) is 8.57. The summed E-state index contributed by atoms with van der Waals surface area (Å²) < 4.78 is 29.6. The molecule has 24 heavy (non-hydrogen) atoms. The third-order valence-corrected chi connectivity index (χ3v) is 4.77. The molecule has 0 saturated carbocycles. The van der Waals surface area contributed by atoms with Gasteiger partial charge in [0.15, 0.2) is 4.80 Å². The molecule has 0 atom stereocenters. The van der Waals surface area contributed by atoms with Crippen LogP contribution in [0.25, 0.3) is 0 Å². The quantitative estimate of drug-likeness (QED) is 0.452. The summed E-state index contributed by atoms with van der Waals surface area (Å²) in [6.45, 7) is 6.97. The van der Waals surface area contributed by atoms with E-state index in [0.717, 1.165) is 48.2 Å². The van der Waals surface area contributed by atoms with Gasteiger partial charge < -0.3 is 9.40 Å². The van der Waals surface area contributed by atoms with Crippen molar-refractivity contribution < 1.29 is 13.6 Å². The van der Waals surface area contributed by atoms with Crippen LogP contribution in [0.4, 0.5) is 8.78 Å². The third kappa shape index (κ3) is 4.08. The van der Waals surface area contributed by atoms with Crippen molar-refractivity contribution >= 4 is 17.2 Å². The Hall–Kier alpha value is -2.02. The molecule has 0 spiro atoms. The zero-order valence-corrected chi connectivity index (χ0v) is 15.1. The van der Waals surface area contributed by atoms with Crippen LogP contribution in [0.2, 0.25) is 0 Å². The molecule has 0 bridgehead atoms. The van der Waals surface area contributed by atoms with Crippen molar-refractivity contribution in [1.82, 2.24) is 4.57 Å². The van der Waals surface area contributed by atoms with Crippen LogP contribution in [-0.4, -0.2) is 17.5 Å². The Balaban J connectivity index is 2.59. The Kier molecular flexibility index (Phi) is 6.25. The average molecular weight is 353 g/mol. The lowest BCUT2D eigenvalue weighted by Crippen LogP contribution is -2.19. The van der Waals surface area contributed by atoms with Crippen LogP contribution in [0.3, 0.4) is 0 Å². The van der Waals surface area contributed by atoms with Gasteiger partial charge in [0.25, 0.3) is 0 Å². The number of amidine groups is 1. The van der Waals surface area contributed by atoms with Gasteiger partial charge in [-0.25, -0.2) is 8.78 Å². The lowest BCUT2D eigenvalue weighted by Gasteiger charge is -2.06. The standard InChI is InChI=1S/C17H21F2N3OS/c1-5-6-9-22-11(2)12(3)24-17(22)20-16(21-23-4)14-10-13(18)7-8-15(14)19/h7-8,10H,5-6,9H2,1-4H3/b20-17-,21-16+. The topological polar surface area (TPSA) is 38.9 Å². The maximum Gasteiger partial charge on any atom is 0.204 e. The Morgan fingerprint density at radius 3 is 2.71 bits per heavy atom. The van der Waals surface area contributed by atoms with Gasteiger partial charge in [0, 0.05) is 17.1 Å². The van der Waals surface area contributed by atoms with Crippen molar-refractivity contribution in [3.63, 3.8) is 0 Å². The molecule has 1 aromatic heterocycles. The Morgan fingerprint density at radius 1 is 1.29 bits per heavy atom. The second kappa shape index (κ2) is 8.19. The lowest BCUT2D eigenvalue weighted by atomic mass is 10.2. The SMILES string of the molecule is CCCCn1c(C)c(C)s/c1=N\C(=N\OC)c1cc(F)ccc1F. The molecule has 0 amide bonds. The number of aryl methyl sites for hydroxylation is 1. The first kappa shape index (κ1) is 18.3. The van der Waals surface area contributed by atoms with Gasteiger partial charge in [-0.3, -0.25) is 0 Å². The summed E-state index contributed by atoms with van der Waals surface area (Å²) in [5.41, 5.74) is 1.09. The van der Waals surface area contributed by atoms with Crippen LogP contribution in [0.15, 0.2) is 28.3 Å². The number of benzene rings is 1. The normalized spacial score (nSPS) is 12.8. The van der Waals surface area contributed by atoms with Crippen molar-refractivity contribution in [2.45, 2.75) is 40.2 Å². The number of hydrogen-bond acceptors (Lipinski definition) is 3. The predicted octanol–water partition coefficient (Wildman–Crippen LogP) is 4.15. The smallest absolute Gasteiger partial charge is 0.204 e. The van der Waals surface area contributed by atoms with Crippen LogP contribution in [-0.2, 0) is 11.4 Å². The van der Waals surface area contributed by atoms with E-state index in [9.17, 15) is 8.78 Å². The van der Waals surface area contributed by atoms with Gasteiger partial charge in [0.2, 0.25) is 5.84 Å². The van der Waals surface area contributed by atoms with Gasteiger partial charge in [0.05, 0.1) is 5.56 Å². The van der Waals surface area contributed by atoms with E-state index in [0.29, 0.717) is 4.80 Å². The third-order valence-electron chi connectivity index (χ3n) is 3.67. The largest absolute Gasteiger partial charge is 0.397 e. The average Bonchev–Trinajstić information content (AvgIpc) is 2.81. The van der Waals surface area contributed by atoms with Gasteiger partial charge in [0.1, 0.15) is 18.7 Å². The van der Waals surface area contributed by atoms with Gasteiger partial charge in [-0.05, 0) is 38.5 Å². The fourth-order valence-corrected chi connectivity index (χ4v) is 3.24. The summed E-state index contributed by atoms with van der Waals surface area (Å²) in [4.78, 5) is 11.1. The number of thiazole rings is 1. The molecular formula is C17H21F2N3OS. The second-order valence-electron chi connectivity index (χ2n) is 5.36. The molecule has 4 nitrogen and oxygen atoms in total. The number of hydrogen-bond donors (Lipinski definition) is 0. The van der Waals surface area contributed by atoms with E-state index in [1.165, 1.54) is 18.4 Å². The first-order chi connectivity index (χ1) is 11.5. The molecule has 0 aliphatic carbocycles. The van der Waals surface area contributed by atoms with E-state index in [1.54, 1.807) is 0 Å². The molecule has 0 unspecified atom stereocenters. The van der Waals surface area contributed by atoms with Gasteiger partial charge >= 0.3 is 0 Å². The van der Waals surface area contributed by atoms with Crippen molar-refractivity contribution in [1.29, 1.82) is 0 Å². The molecule has 0 aliphatic rings. The molecule has 0 aliphatic heterocycles. The van der Waals surface area contributed by atoms with Crippen LogP contribution >= 0.6 is 11.3 Å². The summed E-state index contributed by atoms with van der Waals surface area (Å²) in [5, 5.41) is 3.79. The van der Waals surface area contributed by atoms with Crippen LogP contribution in [0.5, 0.6) is 0 Å². The summed E-state index contributed by atoms with van der Waals surface area (Å²) in [6, 6.07) is 3.19. The molecule has 0 fully saturated rings. The molecule has 130 valence electrons. The highest BCUT2D eigenvalue weighted by Crippen LogP contribution is 2.14. The van der Waals surface area contributed by atoms with E-state index in [1.807, 2.05) is 13.8 Å². The minimum atomic E-state index is -0.596. The zero-order chi connectivity index (χ0) is 17.7. The highest BCUT2D eigenvalue weighted by Gasteiger charge is 2.13. The lowest BCUT2D eigenvalue weighted by molar-refractivity contribution is 0.213. The van der Waals surface area contributed by atoms with Crippen LogP contribution in [0.1, 0.15) is 35.9 Å². The van der Waals surface area contributed by atoms with E-state index in [4.69, 9.17) is 4.84 Å². The number of nitrogens with zero attached hydrogens (tertiary/aromatic N) is 3. The van der Waals surface area contributed by atoms with Crippen LogP contribution < -0.4 is 4.80 Å². The number of halogens is 2. The summed E-state index contributed by atoms with van der Waals surface area (Å²) >= 11 is 1.49. The number of oxime groups is 1. The maximum atomic E-state index is 14.1. The molecule has 0 radical (unpaired) electrons. The highest BCUT2D eigenvalue weighted by molar-refractivity contribution is 7.09. The summed E-state index contributed by atoms with van der Waals surface area (Å²) in [7, 11) is 1.35. The molecule has 2 rings (SSSR count). The second-order valence-corrected chi connectivity index (χ2v) is 6.55. The number of aromatic nitrogens is 1. The molecule has 0 N–H and O–H groups in total. The summed E-state index contributed by atoms with van der Waals surface area (Å²) in [6.07, 6.45) is 2.06. The monoisotopic (exact) mass is 353 g/mol. The van der Waals surface area contributed by atoms with E-state index in [-0.39, 0.29) is 11.4 Å². The minimum Gasteiger partial charge on any atom is -0.397 e. The highest BCUT2D eigenvalue weighted by atomic mass is 32.1. The number of unbranched alkanes of at least 4 members (excludes halogenated alkanes) is 1. The van der Waals surface area contributed by atoms with Crippen molar-refractivity contribution in [3.05, 3.63) is 50.8 Å². The zero-order valence-electron chi connectivity index (χ0n) is 14.3. The summed E-state index contributed by atoms with van der Waals surface area (Å²) in [5.74, 6) is -1.13. The minimum absolute atomic E-state index is 0.0148. The Labute approximate surface area is 144 Å². The number of rotatable bonds is 5. The first-order valence-electron chi connectivity index (χ1n) is 7.76. The Morgan fingerprint density at radius 2 is 2.04 bits per heavy atom. The van der Waals surface area contributed by atoms with E-state index < -0.39 is 11.6 Å². The van der Waals surface area contributed by atoms with Crippen molar-refractivity contribution in [2.24, 2.45) is 10.1 Å².